The van der Waals surface area contributed by atoms with Gasteiger partial charge in [-0.25, -0.2) is 4.99 Å². The molecule has 32 heavy (non-hydrogen) atoms. The number of hydrogen-bond acceptors (Lipinski definition) is 4. The molecule has 0 unspecified atom stereocenters. The fourth-order valence-corrected chi connectivity index (χ4v) is 4.86. The molecule has 0 spiro atoms. The van der Waals surface area contributed by atoms with Crippen molar-refractivity contribution in [2.45, 2.75) is 6.54 Å². The molecule has 1 amide bonds. The molecule has 1 aliphatic heterocycles. The SMILES string of the molecule is O=C1COc2ccc(-c3csc(=Nc4ccc(Cl)cc4Cl)n3Cc3ccccc3)cc2N1. The molecule has 5 nitrogen and oxygen atoms in total. The summed E-state index contributed by atoms with van der Waals surface area (Å²) in [4.78, 5) is 17.4. The minimum Gasteiger partial charge on any atom is -0.482 e. The lowest BCUT2D eigenvalue weighted by atomic mass is 10.1. The van der Waals surface area contributed by atoms with Gasteiger partial charge in [-0.05, 0) is 42.0 Å². The standard InChI is InChI=1S/C24H17Cl2N3O2S/c25-17-7-8-19(18(26)11-17)28-24-29(12-15-4-2-1-3-5-15)21(14-32-24)16-6-9-22-20(10-16)27-23(30)13-31-22/h1-11,14H,12-13H2,(H,27,30). The van der Waals surface area contributed by atoms with Crippen molar-refractivity contribution < 1.29 is 9.53 Å². The number of anilines is 1. The van der Waals surface area contributed by atoms with Gasteiger partial charge in [-0.3, -0.25) is 4.79 Å². The number of fused-ring (bicyclic) bond motifs is 1. The van der Waals surface area contributed by atoms with Gasteiger partial charge in [0, 0.05) is 16.0 Å². The van der Waals surface area contributed by atoms with E-state index in [0.717, 1.165) is 21.6 Å². The molecule has 0 fully saturated rings. The lowest BCUT2D eigenvalue weighted by molar-refractivity contribution is -0.118. The van der Waals surface area contributed by atoms with Crippen LogP contribution in [0.3, 0.4) is 0 Å². The summed E-state index contributed by atoms with van der Waals surface area (Å²) < 4.78 is 7.64. The average Bonchev–Trinajstić information content (AvgIpc) is 3.18. The lowest BCUT2D eigenvalue weighted by Crippen LogP contribution is -2.25. The zero-order chi connectivity index (χ0) is 22.1. The summed E-state index contributed by atoms with van der Waals surface area (Å²) in [6, 6.07) is 21.2. The number of carbonyl (C=O) groups excluding carboxylic acids is 1. The number of nitrogens with one attached hydrogen (secondary N) is 1. The van der Waals surface area contributed by atoms with Crippen LogP contribution in [0.2, 0.25) is 10.0 Å². The molecule has 0 bridgehead atoms. The number of amides is 1. The Morgan fingerprint density at radius 1 is 1.06 bits per heavy atom. The normalized spacial score (nSPS) is 13.4. The fourth-order valence-electron chi connectivity index (χ4n) is 3.49. The molecular weight excluding hydrogens is 465 g/mol. The van der Waals surface area contributed by atoms with Crippen LogP contribution in [-0.2, 0) is 11.3 Å². The Morgan fingerprint density at radius 3 is 2.72 bits per heavy atom. The highest BCUT2D eigenvalue weighted by molar-refractivity contribution is 7.07. The maximum absolute atomic E-state index is 11.8. The Hall–Kier alpha value is -3.06. The van der Waals surface area contributed by atoms with E-state index in [4.69, 9.17) is 32.9 Å². The average molecular weight is 482 g/mol. The Kier molecular flexibility index (Phi) is 5.74. The van der Waals surface area contributed by atoms with E-state index < -0.39 is 0 Å². The molecule has 1 N–H and O–H groups in total. The quantitative estimate of drug-likeness (QED) is 0.380. The first-order chi connectivity index (χ1) is 15.6. The number of rotatable bonds is 4. The maximum atomic E-state index is 11.8. The fraction of sp³-hybridized carbons (Fsp3) is 0.0833. The molecule has 1 aliphatic rings. The molecule has 160 valence electrons. The van der Waals surface area contributed by atoms with Crippen molar-refractivity contribution >= 4 is 51.8 Å². The highest BCUT2D eigenvalue weighted by Gasteiger charge is 2.18. The van der Waals surface area contributed by atoms with Gasteiger partial charge in [-0.2, -0.15) is 0 Å². The number of aromatic nitrogens is 1. The smallest absolute Gasteiger partial charge is 0.262 e. The van der Waals surface area contributed by atoms with E-state index >= 15 is 0 Å². The largest absolute Gasteiger partial charge is 0.482 e. The minimum absolute atomic E-state index is 0.0314. The number of thiazole rings is 1. The van der Waals surface area contributed by atoms with Gasteiger partial charge in [-0.1, -0.05) is 53.5 Å². The molecule has 0 aliphatic carbocycles. The molecule has 8 heteroatoms. The molecular formula is C24H17Cl2N3O2S. The van der Waals surface area contributed by atoms with Crippen LogP contribution >= 0.6 is 34.5 Å². The predicted molar refractivity (Wildman–Crippen MR) is 129 cm³/mol. The molecule has 0 radical (unpaired) electrons. The summed E-state index contributed by atoms with van der Waals surface area (Å²) in [7, 11) is 0. The van der Waals surface area contributed by atoms with Crippen LogP contribution in [0, 0.1) is 0 Å². The summed E-state index contributed by atoms with van der Waals surface area (Å²) in [6.07, 6.45) is 0. The van der Waals surface area contributed by atoms with E-state index in [9.17, 15) is 4.79 Å². The van der Waals surface area contributed by atoms with Crippen molar-refractivity contribution in [2.75, 3.05) is 11.9 Å². The van der Waals surface area contributed by atoms with Crippen LogP contribution < -0.4 is 14.9 Å². The molecule has 1 aromatic heterocycles. The summed E-state index contributed by atoms with van der Waals surface area (Å²) in [5, 5.41) is 5.99. The van der Waals surface area contributed by atoms with Crippen molar-refractivity contribution in [2.24, 2.45) is 4.99 Å². The van der Waals surface area contributed by atoms with Crippen molar-refractivity contribution in [3.05, 3.63) is 92.5 Å². The Morgan fingerprint density at radius 2 is 1.91 bits per heavy atom. The molecule has 4 aromatic rings. The Balaban J connectivity index is 1.64. The number of benzene rings is 3. The summed E-state index contributed by atoms with van der Waals surface area (Å²) >= 11 is 13.9. The molecule has 0 saturated carbocycles. The highest BCUT2D eigenvalue weighted by Crippen LogP contribution is 2.33. The zero-order valence-electron chi connectivity index (χ0n) is 16.7. The molecule has 3 aromatic carbocycles. The molecule has 2 heterocycles. The third kappa shape index (κ3) is 4.30. The van der Waals surface area contributed by atoms with Gasteiger partial charge in [0.2, 0.25) is 0 Å². The van der Waals surface area contributed by atoms with Crippen LogP contribution in [0.4, 0.5) is 11.4 Å². The third-order valence-electron chi connectivity index (χ3n) is 5.02. The van der Waals surface area contributed by atoms with E-state index in [1.165, 1.54) is 11.3 Å². The van der Waals surface area contributed by atoms with Gasteiger partial charge in [-0.15, -0.1) is 11.3 Å². The van der Waals surface area contributed by atoms with Crippen LogP contribution in [-0.4, -0.2) is 17.1 Å². The third-order valence-corrected chi connectivity index (χ3v) is 6.42. The van der Waals surface area contributed by atoms with Gasteiger partial charge in [0.1, 0.15) is 5.75 Å². The van der Waals surface area contributed by atoms with E-state index in [1.807, 2.05) is 42.5 Å². The van der Waals surface area contributed by atoms with Gasteiger partial charge in [0.25, 0.3) is 5.91 Å². The maximum Gasteiger partial charge on any atom is 0.262 e. The van der Waals surface area contributed by atoms with Gasteiger partial charge < -0.3 is 14.6 Å². The second-order valence-electron chi connectivity index (χ2n) is 7.23. The van der Waals surface area contributed by atoms with Crippen LogP contribution in [0.1, 0.15) is 5.56 Å². The summed E-state index contributed by atoms with van der Waals surface area (Å²) in [5.41, 5.74) is 4.38. The first-order valence-corrected chi connectivity index (χ1v) is 11.5. The van der Waals surface area contributed by atoms with Gasteiger partial charge in [0.05, 0.1) is 28.6 Å². The van der Waals surface area contributed by atoms with Crippen molar-refractivity contribution in [3.63, 3.8) is 0 Å². The van der Waals surface area contributed by atoms with E-state index in [-0.39, 0.29) is 12.5 Å². The first-order valence-electron chi connectivity index (χ1n) is 9.86. The Labute approximate surface area is 198 Å². The van der Waals surface area contributed by atoms with E-state index in [2.05, 4.69) is 27.4 Å². The van der Waals surface area contributed by atoms with Crippen LogP contribution in [0.15, 0.2) is 77.1 Å². The topological polar surface area (TPSA) is 55.6 Å². The number of hydrogen-bond donors (Lipinski definition) is 1. The summed E-state index contributed by atoms with van der Waals surface area (Å²) in [6.45, 7) is 0.660. The van der Waals surface area contributed by atoms with Crippen molar-refractivity contribution in [1.29, 1.82) is 0 Å². The number of ether oxygens (including phenoxy) is 1. The van der Waals surface area contributed by atoms with Crippen LogP contribution in [0.25, 0.3) is 11.3 Å². The van der Waals surface area contributed by atoms with E-state index in [1.54, 1.807) is 12.1 Å². The molecule has 5 rings (SSSR count). The minimum atomic E-state index is -0.162. The summed E-state index contributed by atoms with van der Waals surface area (Å²) in [5.74, 6) is 0.501. The number of nitrogens with zero attached hydrogens (tertiary/aromatic N) is 2. The highest BCUT2D eigenvalue weighted by atomic mass is 35.5. The molecule has 0 atom stereocenters. The molecule has 0 saturated heterocycles. The van der Waals surface area contributed by atoms with Crippen molar-refractivity contribution in [3.8, 4) is 17.0 Å². The monoisotopic (exact) mass is 481 g/mol. The Bertz CT molecular complexity index is 1380. The second-order valence-corrected chi connectivity index (χ2v) is 8.91. The number of carbonyl (C=O) groups is 1. The van der Waals surface area contributed by atoms with Gasteiger partial charge >= 0.3 is 0 Å². The van der Waals surface area contributed by atoms with E-state index in [0.29, 0.717) is 33.7 Å². The van der Waals surface area contributed by atoms with Crippen molar-refractivity contribution in [1.82, 2.24) is 4.57 Å². The number of halogens is 2. The van der Waals surface area contributed by atoms with Gasteiger partial charge in [0.15, 0.2) is 11.4 Å². The lowest BCUT2D eigenvalue weighted by Gasteiger charge is -2.19. The van der Waals surface area contributed by atoms with Crippen LogP contribution in [0.5, 0.6) is 5.75 Å². The zero-order valence-corrected chi connectivity index (χ0v) is 19.0. The second kappa shape index (κ2) is 8.82. The predicted octanol–water partition coefficient (Wildman–Crippen LogP) is 6.14. The first kappa shape index (κ1) is 20.8.